The minimum absolute atomic E-state index is 0.000502. The van der Waals surface area contributed by atoms with Crippen molar-refractivity contribution in [3.63, 3.8) is 0 Å². The highest BCUT2D eigenvalue weighted by Crippen LogP contribution is 2.50. The van der Waals surface area contributed by atoms with Crippen molar-refractivity contribution >= 4 is 12.0 Å². The largest absolute Gasteiger partial charge is 0.457 e. The lowest BCUT2D eigenvalue weighted by molar-refractivity contribution is -0.126. The topological polar surface area (TPSA) is 77.1 Å². The Balaban J connectivity index is 1.04. The van der Waals surface area contributed by atoms with Gasteiger partial charge in [0.05, 0.1) is 5.92 Å². The second kappa shape index (κ2) is 13.6. The number of amides is 2. The standard InChI is InChI=1S/C40H42N2O5/c1-45-24-11-10-22-40(34-18-6-8-20-36(34)47-37-21-9-7-19-35(37)40)27-41-38(43)28-13-12-23-42(25-28)39(44)46-26-33-31-16-4-2-14-29(31)30-15-3-5-17-32(30)33/h2-9,14-21,28,33H,10-13,22-27H2,1H3,(H,41,43). The third kappa shape index (κ3) is 6.00. The molecule has 0 aromatic heterocycles. The summed E-state index contributed by atoms with van der Waals surface area (Å²) in [7, 11) is 1.73. The number of para-hydroxylation sites is 2. The van der Waals surface area contributed by atoms with Gasteiger partial charge in [-0.2, -0.15) is 0 Å². The van der Waals surface area contributed by atoms with Gasteiger partial charge in [-0.05, 0) is 66.5 Å². The summed E-state index contributed by atoms with van der Waals surface area (Å²) in [6, 6.07) is 33.0. The Kier molecular flexibility index (Phi) is 8.99. The number of piperidine rings is 1. The monoisotopic (exact) mass is 630 g/mol. The molecular formula is C40H42N2O5. The molecule has 47 heavy (non-hydrogen) atoms. The van der Waals surface area contributed by atoms with Crippen LogP contribution in [0.3, 0.4) is 0 Å². The Morgan fingerprint density at radius 2 is 1.47 bits per heavy atom. The molecule has 4 aromatic rings. The maximum Gasteiger partial charge on any atom is 0.409 e. The fourth-order valence-electron chi connectivity index (χ4n) is 7.81. The fourth-order valence-corrected chi connectivity index (χ4v) is 7.81. The van der Waals surface area contributed by atoms with Gasteiger partial charge in [-0.3, -0.25) is 4.79 Å². The molecule has 1 N–H and O–H groups in total. The number of nitrogens with zero attached hydrogens (tertiary/aromatic N) is 1. The number of ether oxygens (including phenoxy) is 3. The molecule has 2 aliphatic heterocycles. The van der Waals surface area contributed by atoms with Gasteiger partial charge in [0.1, 0.15) is 18.1 Å². The number of carbonyl (C=O) groups is 2. The van der Waals surface area contributed by atoms with Gasteiger partial charge >= 0.3 is 6.09 Å². The summed E-state index contributed by atoms with van der Waals surface area (Å²) in [5.74, 6) is 1.32. The smallest absolute Gasteiger partial charge is 0.409 e. The Morgan fingerprint density at radius 1 is 0.851 bits per heavy atom. The van der Waals surface area contributed by atoms with Crippen LogP contribution in [-0.2, 0) is 19.7 Å². The average Bonchev–Trinajstić information content (AvgIpc) is 3.44. The minimum atomic E-state index is -0.448. The molecule has 2 heterocycles. The summed E-state index contributed by atoms with van der Waals surface area (Å²) < 4.78 is 17.6. The Hall–Kier alpha value is -4.62. The quantitative estimate of drug-likeness (QED) is 0.182. The number of methoxy groups -OCH3 is 1. The van der Waals surface area contributed by atoms with E-state index < -0.39 is 5.41 Å². The molecule has 7 heteroatoms. The number of unbranched alkanes of at least 4 members (excludes halogenated alkanes) is 1. The van der Waals surface area contributed by atoms with Crippen LogP contribution in [0.5, 0.6) is 11.5 Å². The molecular weight excluding hydrogens is 588 g/mol. The first-order valence-corrected chi connectivity index (χ1v) is 16.8. The average molecular weight is 631 g/mol. The molecule has 1 atom stereocenters. The van der Waals surface area contributed by atoms with E-state index in [0.717, 1.165) is 54.7 Å². The van der Waals surface area contributed by atoms with Crippen molar-refractivity contribution in [2.24, 2.45) is 5.92 Å². The van der Waals surface area contributed by atoms with Gasteiger partial charge < -0.3 is 24.4 Å². The van der Waals surface area contributed by atoms with Crippen LogP contribution in [0.1, 0.15) is 60.3 Å². The second-order valence-corrected chi connectivity index (χ2v) is 12.9. The van der Waals surface area contributed by atoms with Crippen molar-refractivity contribution in [3.8, 4) is 22.6 Å². The summed E-state index contributed by atoms with van der Waals surface area (Å²) in [6.07, 6.45) is 3.83. The van der Waals surface area contributed by atoms with E-state index in [1.165, 1.54) is 22.3 Å². The molecule has 1 aliphatic carbocycles. The van der Waals surface area contributed by atoms with Crippen LogP contribution in [-0.4, -0.2) is 56.9 Å². The van der Waals surface area contributed by atoms with Crippen LogP contribution in [0, 0.1) is 5.92 Å². The third-order valence-corrected chi connectivity index (χ3v) is 10.2. The molecule has 2 amide bonds. The van der Waals surface area contributed by atoms with E-state index in [1.807, 2.05) is 60.7 Å². The lowest BCUT2D eigenvalue weighted by Crippen LogP contribution is -2.49. The van der Waals surface area contributed by atoms with Crippen LogP contribution < -0.4 is 10.1 Å². The molecule has 1 unspecified atom stereocenters. The van der Waals surface area contributed by atoms with Gasteiger partial charge in [-0.1, -0.05) is 84.9 Å². The maximum absolute atomic E-state index is 13.9. The molecule has 7 rings (SSSR count). The predicted molar refractivity (Wildman–Crippen MR) is 182 cm³/mol. The highest BCUT2D eigenvalue weighted by Gasteiger charge is 2.42. The van der Waals surface area contributed by atoms with E-state index in [9.17, 15) is 9.59 Å². The van der Waals surface area contributed by atoms with Gasteiger partial charge in [0.15, 0.2) is 0 Å². The molecule has 1 fully saturated rings. The van der Waals surface area contributed by atoms with E-state index >= 15 is 0 Å². The van der Waals surface area contributed by atoms with Crippen LogP contribution >= 0.6 is 0 Å². The van der Waals surface area contributed by atoms with Crippen molar-refractivity contribution in [1.82, 2.24) is 10.2 Å². The fraction of sp³-hybridized carbons (Fsp3) is 0.350. The van der Waals surface area contributed by atoms with Gasteiger partial charge in [0.2, 0.25) is 5.91 Å². The molecule has 7 nitrogen and oxygen atoms in total. The summed E-state index contributed by atoms with van der Waals surface area (Å²) in [5, 5.41) is 3.34. The third-order valence-electron chi connectivity index (χ3n) is 10.2. The lowest BCUT2D eigenvalue weighted by Gasteiger charge is -2.41. The van der Waals surface area contributed by atoms with Crippen molar-refractivity contribution < 1.29 is 23.8 Å². The summed E-state index contributed by atoms with van der Waals surface area (Å²) >= 11 is 0. The molecule has 0 spiro atoms. The molecule has 0 saturated carbocycles. The first kappa shape index (κ1) is 31.0. The van der Waals surface area contributed by atoms with Gasteiger partial charge in [-0.15, -0.1) is 0 Å². The zero-order chi connectivity index (χ0) is 32.2. The predicted octanol–water partition coefficient (Wildman–Crippen LogP) is 7.67. The van der Waals surface area contributed by atoms with Crippen LogP contribution in [0.15, 0.2) is 97.1 Å². The van der Waals surface area contributed by atoms with E-state index in [4.69, 9.17) is 14.2 Å². The van der Waals surface area contributed by atoms with Gasteiger partial charge in [0.25, 0.3) is 0 Å². The molecule has 1 saturated heterocycles. The molecule has 4 aromatic carbocycles. The number of carbonyl (C=O) groups excluding carboxylic acids is 2. The first-order valence-electron chi connectivity index (χ1n) is 16.8. The van der Waals surface area contributed by atoms with Gasteiger partial charge in [-0.25, -0.2) is 4.79 Å². The SMILES string of the molecule is COCCCCC1(CNC(=O)C2CCCN(C(=O)OCC3c4ccccc4-c4ccccc43)C2)c2ccccc2Oc2ccccc21. The van der Waals surface area contributed by atoms with Crippen molar-refractivity contribution in [1.29, 1.82) is 0 Å². The van der Waals surface area contributed by atoms with E-state index in [2.05, 4.69) is 41.7 Å². The lowest BCUT2D eigenvalue weighted by atomic mass is 9.69. The summed E-state index contributed by atoms with van der Waals surface area (Å²) in [4.78, 5) is 29.0. The highest BCUT2D eigenvalue weighted by atomic mass is 16.6. The zero-order valence-electron chi connectivity index (χ0n) is 27.0. The first-order chi connectivity index (χ1) is 23.1. The Bertz CT molecular complexity index is 1660. The number of fused-ring (bicyclic) bond motifs is 5. The summed E-state index contributed by atoms with van der Waals surface area (Å²) in [5.41, 5.74) is 6.49. The second-order valence-electron chi connectivity index (χ2n) is 12.9. The van der Waals surface area contributed by atoms with E-state index in [0.29, 0.717) is 26.2 Å². The molecule has 0 radical (unpaired) electrons. The van der Waals surface area contributed by atoms with Crippen LogP contribution in [0.4, 0.5) is 4.79 Å². The number of nitrogens with one attached hydrogen (secondary N) is 1. The van der Waals surface area contributed by atoms with Crippen molar-refractivity contribution in [3.05, 3.63) is 119 Å². The Labute approximate surface area is 276 Å². The number of hydrogen-bond donors (Lipinski definition) is 1. The maximum atomic E-state index is 13.9. The van der Waals surface area contributed by atoms with Crippen molar-refractivity contribution in [2.75, 3.05) is 40.0 Å². The van der Waals surface area contributed by atoms with Crippen LogP contribution in [0.25, 0.3) is 11.1 Å². The number of benzene rings is 4. The minimum Gasteiger partial charge on any atom is -0.457 e. The number of likely N-dealkylation sites (tertiary alicyclic amines) is 1. The van der Waals surface area contributed by atoms with E-state index in [-0.39, 0.29) is 30.4 Å². The van der Waals surface area contributed by atoms with Crippen molar-refractivity contribution in [2.45, 2.75) is 43.4 Å². The molecule has 242 valence electrons. The molecule has 3 aliphatic rings. The van der Waals surface area contributed by atoms with Gasteiger partial charge in [0, 0.05) is 55.8 Å². The Morgan fingerprint density at radius 3 is 2.13 bits per heavy atom. The molecule has 0 bridgehead atoms. The highest BCUT2D eigenvalue weighted by molar-refractivity contribution is 5.81. The summed E-state index contributed by atoms with van der Waals surface area (Å²) in [6.45, 7) is 2.34. The zero-order valence-corrected chi connectivity index (χ0v) is 27.0. The van der Waals surface area contributed by atoms with Crippen LogP contribution in [0.2, 0.25) is 0 Å². The number of rotatable bonds is 10. The number of hydrogen-bond acceptors (Lipinski definition) is 5. The van der Waals surface area contributed by atoms with E-state index in [1.54, 1.807) is 12.0 Å². The normalized spacial score (nSPS) is 17.5.